The van der Waals surface area contributed by atoms with Crippen molar-refractivity contribution in [2.75, 3.05) is 13.2 Å². The first kappa shape index (κ1) is 9.96. The second kappa shape index (κ2) is 4.29. The van der Waals surface area contributed by atoms with Crippen LogP contribution in [-0.2, 0) is 4.74 Å². The van der Waals surface area contributed by atoms with Gasteiger partial charge >= 0.3 is 0 Å². The fourth-order valence-corrected chi connectivity index (χ4v) is 1.59. The van der Waals surface area contributed by atoms with Crippen molar-refractivity contribution in [2.24, 2.45) is 0 Å². The summed E-state index contributed by atoms with van der Waals surface area (Å²) in [6.45, 7) is 0.818. The minimum Gasteiger partial charge on any atom is -0.485 e. The van der Waals surface area contributed by atoms with Crippen LogP contribution in [0.25, 0.3) is 0 Å². The number of ether oxygens (including phenoxy) is 2. The molecule has 0 saturated carbocycles. The van der Waals surface area contributed by atoms with Crippen LogP contribution in [0.3, 0.4) is 0 Å². The molecule has 4 heteroatoms. The zero-order valence-electron chi connectivity index (χ0n) is 7.52. The normalized spacial score (nSPS) is 26.4. The third-order valence-electron chi connectivity index (χ3n) is 2.10. The zero-order chi connectivity index (χ0) is 9.97. The van der Waals surface area contributed by atoms with Crippen molar-refractivity contribution in [3.63, 3.8) is 0 Å². The predicted molar refractivity (Wildman–Crippen MR) is 55.4 cm³/mol. The van der Waals surface area contributed by atoms with Crippen molar-refractivity contribution in [2.45, 2.75) is 12.2 Å². The smallest absolute Gasteiger partial charge is 0.150 e. The number of halogens is 1. The molecule has 14 heavy (non-hydrogen) atoms. The van der Waals surface area contributed by atoms with Gasteiger partial charge in [0.25, 0.3) is 0 Å². The SMILES string of the molecule is OC1COCC1Oc1ccc(Br)cc1. The van der Waals surface area contributed by atoms with Crippen LogP contribution in [0.1, 0.15) is 0 Å². The van der Waals surface area contributed by atoms with E-state index in [1.165, 1.54) is 0 Å². The van der Waals surface area contributed by atoms with E-state index < -0.39 is 6.10 Å². The summed E-state index contributed by atoms with van der Waals surface area (Å²) in [7, 11) is 0. The van der Waals surface area contributed by atoms with E-state index in [4.69, 9.17) is 9.47 Å². The second-order valence-corrected chi connectivity index (χ2v) is 4.13. The van der Waals surface area contributed by atoms with Gasteiger partial charge in [-0.15, -0.1) is 0 Å². The highest BCUT2D eigenvalue weighted by atomic mass is 79.9. The van der Waals surface area contributed by atoms with Crippen LogP contribution < -0.4 is 4.74 Å². The Kier molecular flexibility index (Phi) is 3.05. The molecule has 76 valence electrons. The second-order valence-electron chi connectivity index (χ2n) is 3.22. The first-order chi connectivity index (χ1) is 6.75. The lowest BCUT2D eigenvalue weighted by Crippen LogP contribution is -2.29. The third kappa shape index (κ3) is 2.26. The van der Waals surface area contributed by atoms with Crippen LogP contribution >= 0.6 is 15.9 Å². The maximum atomic E-state index is 9.45. The monoisotopic (exact) mass is 258 g/mol. The number of benzene rings is 1. The minimum atomic E-state index is -0.515. The number of aliphatic hydroxyl groups is 1. The molecule has 1 saturated heterocycles. The molecular formula is C10H11BrO3. The number of hydrogen-bond donors (Lipinski definition) is 1. The summed E-state index contributed by atoms with van der Waals surface area (Å²) in [5.41, 5.74) is 0. The quantitative estimate of drug-likeness (QED) is 0.876. The first-order valence-corrected chi connectivity index (χ1v) is 5.23. The Morgan fingerprint density at radius 2 is 2.00 bits per heavy atom. The molecule has 0 amide bonds. The molecule has 1 aromatic rings. The molecule has 1 aliphatic rings. The summed E-state index contributed by atoms with van der Waals surface area (Å²) in [5, 5.41) is 9.45. The van der Waals surface area contributed by atoms with Gasteiger partial charge in [0.1, 0.15) is 18.0 Å². The Morgan fingerprint density at radius 1 is 1.29 bits per heavy atom. The molecule has 2 unspecified atom stereocenters. The van der Waals surface area contributed by atoms with Crippen LogP contribution in [0.15, 0.2) is 28.7 Å². The Hall–Kier alpha value is -0.580. The van der Waals surface area contributed by atoms with E-state index in [0.717, 1.165) is 10.2 Å². The molecule has 1 heterocycles. The Bertz CT molecular complexity index is 299. The Labute approximate surface area is 90.8 Å². The van der Waals surface area contributed by atoms with E-state index in [-0.39, 0.29) is 6.10 Å². The van der Waals surface area contributed by atoms with Crippen molar-refractivity contribution < 1.29 is 14.6 Å². The summed E-state index contributed by atoms with van der Waals surface area (Å²) in [4.78, 5) is 0. The van der Waals surface area contributed by atoms with Gasteiger partial charge in [0.2, 0.25) is 0 Å². The highest BCUT2D eigenvalue weighted by Gasteiger charge is 2.27. The lowest BCUT2D eigenvalue weighted by molar-refractivity contribution is 0.0733. The molecule has 2 rings (SSSR count). The van der Waals surface area contributed by atoms with Gasteiger partial charge in [-0.3, -0.25) is 0 Å². The highest BCUT2D eigenvalue weighted by Crippen LogP contribution is 2.19. The first-order valence-electron chi connectivity index (χ1n) is 4.44. The molecule has 0 aromatic heterocycles. The van der Waals surface area contributed by atoms with E-state index >= 15 is 0 Å². The average Bonchev–Trinajstić information content (AvgIpc) is 2.56. The van der Waals surface area contributed by atoms with Crippen LogP contribution in [0.4, 0.5) is 0 Å². The number of rotatable bonds is 2. The standard InChI is InChI=1S/C10H11BrO3/c11-7-1-3-8(4-2-7)14-10-6-13-5-9(10)12/h1-4,9-10,12H,5-6H2. The molecule has 1 aliphatic heterocycles. The van der Waals surface area contributed by atoms with Crippen molar-refractivity contribution in [3.05, 3.63) is 28.7 Å². The van der Waals surface area contributed by atoms with Gasteiger partial charge < -0.3 is 14.6 Å². The third-order valence-corrected chi connectivity index (χ3v) is 2.63. The highest BCUT2D eigenvalue weighted by molar-refractivity contribution is 9.10. The van der Waals surface area contributed by atoms with Gasteiger partial charge in [0, 0.05) is 4.47 Å². The van der Waals surface area contributed by atoms with Gasteiger partial charge in [-0.2, -0.15) is 0 Å². The van der Waals surface area contributed by atoms with Crippen LogP contribution in [-0.4, -0.2) is 30.5 Å². The summed E-state index contributed by atoms with van der Waals surface area (Å²) in [6.07, 6.45) is -0.755. The van der Waals surface area contributed by atoms with Crippen molar-refractivity contribution in [3.8, 4) is 5.75 Å². The number of aliphatic hydroxyl groups excluding tert-OH is 1. The topological polar surface area (TPSA) is 38.7 Å². The molecule has 1 N–H and O–H groups in total. The van der Waals surface area contributed by atoms with Crippen LogP contribution in [0.2, 0.25) is 0 Å². The van der Waals surface area contributed by atoms with E-state index in [0.29, 0.717) is 13.2 Å². The van der Waals surface area contributed by atoms with Gasteiger partial charge in [-0.1, -0.05) is 15.9 Å². The molecule has 3 nitrogen and oxygen atoms in total. The van der Waals surface area contributed by atoms with Crippen molar-refractivity contribution >= 4 is 15.9 Å². The fraction of sp³-hybridized carbons (Fsp3) is 0.400. The van der Waals surface area contributed by atoms with E-state index in [2.05, 4.69) is 15.9 Å². The maximum absolute atomic E-state index is 9.45. The molecule has 0 aliphatic carbocycles. The Morgan fingerprint density at radius 3 is 2.57 bits per heavy atom. The van der Waals surface area contributed by atoms with Gasteiger partial charge in [0.15, 0.2) is 0 Å². The van der Waals surface area contributed by atoms with Crippen molar-refractivity contribution in [1.82, 2.24) is 0 Å². The molecular weight excluding hydrogens is 248 g/mol. The van der Waals surface area contributed by atoms with E-state index in [1.54, 1.807) is 0 Å². The van der Waals surface area contributed by atoms with E-state index in [9.17, 15) is 5.11 Å². The molecule has 0 radical (unpaired) electrons. The summed E-state index contributed by atoms with van der Waals surface area (Å²) in [5.74, 6) is 0.753. The molecule has 0 spiro atoms. The summed E-state index contributed by atoms with van der Waals surface area (Å²) in [6, 6.07) is 7.51. The summed E-state index contributed by atoms with van der Waals surface area (Å²) < 4.78 is 11.6. The molecule has 1 fully saturated rings. The average molecular weight is 259 g/mol. The van der Waals surface area contributed by atoms with Crippen LogP contribution in [0, 0.1) is 0 Å². The number of hydrogen-bond acceptors (Lipinski definition) is 3. The van der Waals surface area contributed by atoms with Gasteiger partial charge in [0.05, 0.1) is 13.2 Å². The lowest BCUT2D eigenvalue weighted by atomic mass is 10.2. The molecule has 0 bridgehead atoms. The van der Waals surface area contributed by atoms with Gasteiger partial charge in [-0.05, 0) is 24.3 Å². The minimum absolute atomic E-state index is 0.240. The fourth-order valence-electron chi connectivity index (χ4n) is 1.32. The molecule has 2 atom stereocenters. The maximum Gasteiger partial charge on any atom is 0.150 e. The van der Waals surface area contributed by atoms with E-state index in [1.807, 2.05) is 24.3 Å². The van der Waals surface area contributed by atoms with Crippen molar-refractivity contribution in [1.29, 1.82) is 0 Å². The summed E-state index contributed by atoms with van der Waals surface area (Å²) >= 11 is 3.34. The lowest BCUT2D eigenvalue weighted by Gasteiger charge is -2.14. The molecule has 1 aromatic carbocycles. The predicted octanol–water partition coefficient (Wildman–Crippen LogP) is 1.59. The Balaban J connectivity index is 2.00. The zero-order valence-corrected chi connectivity index (χ0v) is 9.11. The van der Waals surface area contributed by atoms with Crippen LogP contribution in [0.5, 0.6) is 5.75 Å². The largest absolute Gasteiger partial charge is 0.485 e. The van der Waals surface area contributed by atoms with Gasteiger partial charge in [-0.25, -0.2) is 0 Å².